The molecule has 0 amide bonds. The number of rotatable bonds is 3. The summed E-state index contributed by atoms with van der Waals surface area (Å²) >= 11 is 9.48. The van der Waals surface area contributed by atoms with Gasteiger partial charge in [0.2, 0.25) is 0 Å². The predicted octanol–water partition coefficient (Wildman–Crippen LogP) is 5.25. The zero-order valence-electron chi connectivity index (χ0n) is 10.7. The third-order valence-electron chi connectivity index (χ3n) is 2.79. The summed E-state index contributed by atoms with van der Waals surface area (Å²) in [6.45, 7) is 3.94. The van der Waals surface area contributed by atoms with Crippen LogP contribution < -0.4 is 5.43 Å². The lowest BCUT2D eigenvalue weighted by atomic mass is 10.1. The highest BCUT2D eigenvalue weighted by Gasteiger charge is 1.99. The van der Waals surface area contributed by atoms with Crippen LogP contribution in [0.5, 0.6) is 0 Å². The number of hydrazone groups is 1. The molecule has 0 saturated carbocycles. The Balaban J connectivity index is 2.13. The van der Waals surface area contributed by atoms with Crippen LogP contribution in [0.25, 0.3) is 0 Å². The van der Waals surface area contributed by atoms with E-state index < -0.39 is 0 Å². The summed E-state index contributed by atoms with van der Waals surface area (Å²) in [6.07, 6.45) is 0. The van der Waals surface area contributed by atoms with Crippen molar-refractivity contribution in [2.24, 2.45) is 5.10 Å². The SMILES string of the molecule is C/C(=N\Nc1ccc(C)c(Cl)c1)c1ccc(Br)cc1. The van der Waals surface area contributed by atoms with Crippen molar-refractivity contribution in [3.63, 3.8) is 0 Å². The molecule has 0 bridgehead atoms. The van der Waals surface area contributed by atoms with Gasteiger partial charge in [-0.05, 0) is 49.2 Å². The Morgan fingerprint density at radius 3 is 2.47 bits per heavy atom. The summed E-state index contributed by atoms with van der Waals surface area (Å²) in [5.74, 6) is 0. The Morgan fingerprint density at radius 2 is 1.84 bits per heavy atom. The molecule has 2 rings (SSSR count). The van der Waals surface area contributed by atoms with E-state index in [9.17, 15) is 0 Å². The van der Waals surface area contributed by atoms with Crippen LogP contribution in [0.4, 0.5) is 5.69 Å². The van der Waals surface area contributed by atoms with Gasteiger partial charge in [-0.15, -0.1) is 0 Å². The van der Waals surface area contributed by atoms with E-state index in [4.69, 9.17) is 11.6 Å². The maximum Gasteiger partial charge on any atom is 0.0648 e. The van der Waals surface area contributed by atoms with Gasteiger partial charge in [0.25, 0.3) is 0 Å². The number of anilines is 1. The number of hydrogen-bond acceptors (Lipinski definition) is 2. The van der Waals surface area contributed by atoms with E-state index in [-0.39, 0.29) is 0 Å². The molecule has 0 radical (unpaired) electrons. The van der Waals surface area contributed by atoms with Gasteiger partial charge in [-0.3, -0.25) is 5.43 Å². The normalized spacial score (nSPS) is 11.5. The van der Waals surface area contributed by atoms with Gasteiger partial charge in [0.1, 0.15) is 0 Å². The number of aryl methyl sites for hydroxylation is 1. The summed E-state index contributed by atoms with van der Waals surface area (Å²) in [7, 11) is 0. The first-order chi connectivity index (χ1) is 9.06. The van der Waals surface area contributed by atoms with E-state index in [1.54, 1.807) is 0 Å². The maximum absolute atomic E-state index is 6.07. The van der Waals surface area contributed by atoms with Crippen molar-refractivity contribution in [2.45, 2.75) is 13.8 Å². The van der Waals surface area contributed by atoms with Crippen molar-refractivity contribution < 1.29 is 0 Å². The van der Waals surface area contributed by atoms with Crippen LogP contribution >= 0.6 is 27.5 Å². The summed E-state index contributed by atoms with van der Waals surface area (Å²) in [5, 5.41) is 5.10. The lowest BCUT2D eigenvalue weighted by molar-refractivity contribution is 1.31. The highest BCUT2D eigenvalue weighted by molar-refractivity contribution is 9.10. The monoisotopic (exact) mass is 336 g/mol. The van der Waals surface area contributed by atoms with Crippen LogP contribution in [0.1, 0.15) is 18.1 Å². The number of halogens is 2. The van der Waals surface area contributed by atoms with E-state index in [2.05, 4.69) is 26.5 Å². The molecule has 0 aromatic heterocycles. The van der Waals surface area contributed by atoms with Crippen molar-refractivity contribution in [1.29, 1.82) is 0 Å². The minimum Gasteiger partial charge on any atom is -0.278 e. The molecule has 0 fully saturated rings. The van der Waals surface area contributed by atoms with Crippen LogP contribution in [0, 0.1) is 6.92 Å². The number of benzene rings is 2. The van der Waals surface area contributed by atoms with Gasteiger partial charge in [-0.25, -0.2) is 0 Å². The van der Waals surface area contributed by atoms with Gasteiger partial charge in [0.05, 0.1) is 11.4 Å². The predicted molar refractivity (Wildman–Crippen MR) is 86.2 cm³/mol. The first-order valence-electron chi connectivity index (χ1n) is 5.88. The fourth-order valence-electron chi connectivity index (χ4n) is 1.57. The van der Waals surface area contributed by atoms with Gasteiger partial charge in [0.15, 0.2) is 0 Å². The third kappa shape index (κ3) is 3.82. The van der Waals surface area contributed by atoms with Crippen molar-refractivity contribution in [1.82, 2.24) is 0 Å². The van der Waals surface area contributed by atoms with Gasteiger partial charge >= 0.3 is 0 Å². The zero-order chi connectivity index (χ0) is 13.8. The summed E-state index contributed by atoms with van der Waals surface area (Å²) in [4.78, 5) is 0. The Hall–Kier alpha value is -1.32. The van der Waals surface area contributed by atoms with Crippen LogP contribution in [0.2, 0.25) is 5.02 Å². The molecule has 2 aromatic carbocycles. The van der Waals surface area contributed by atoms with Gasteiger partial charge < -0.3 is 0 Å². The molecule has 0 atom stereocenters. The second kappa shape index (κ2) is 6.22. The van der Waals surface area contributed by atoms with Crippen LogP contribution in [-0.2, 0) is 0 Å². The first kappa shape index (κ1) is 14.1. The molecule has 98 valence electrons. The fourth-order valence-corrected chi connectivity index (χ4v) is 2.01. The average Bonchev–Trinajstić information content (AvgIpc) is 2.40. The first-order valence-corrected chi connectivity index (χ1v) is 7.06. The molecule has 0 unspecified atom stereocenters. The molecule has 0 saturated heterocycles. The molecular weight excluding hydrogens is 324 g/mol. The quantitative estimate of drug-likeness (QED) is 0.600. The average molecular weight is 338 g/mol. The molecule has 2 nitrogen and oxygen atoms in total. The smallest absolute Gasteiger partial charge is 0.0648 e. The molecule has 2 aromatic rings. The molecule has 0 heterocycles. The largest absolute Gasteiger partial charge is 0.278 e. The standard InChI is InChI=1S/C15H14BrClN2/c1-10-3-8-14(9-15(10)17)19-18-11(2)12-4-6-13(16)7-5-12/h3-9,19H,1-2H3/b18-11+. The summed E-state index contributed by atoms with van der Waals surface area (Å²) in [5.41, 5.74) is 6.95. The summed E-state index contributed by atoms with van der Waals surface area (Å²) < 4.78 is 1.06. The van der Waals surface area contributed by atoms with E-state index in [1.165, 1.54) is 0 Å². The molecule has 1 N–H and O–H groups in total. The van der Waals surface area contributed by atoms with Crippen molar-refractivity contribution >= 4 is 38.9 Å². The number of nitrogens with one attached hydrogen (secondary N) is 1. The molecule has 4 heteroatoms. The second-order valence-electron chi connectivity index (χ2n) is 4.28. The van der Waals surface area contributed by atoms with Crippen LogP contribution in [0.3, 0.4) is 0 Å². The van der Waals surface area contributed by atoms with Crippen molar-refractivity contribution in [2.75, 3.05) is 5.43 Å². The third-order valence-corrected chi connectivity index (χ3v) is 3.72. The fraction of sp³-hybridized carbons (Fsp3) is 0.133. The van der Waals surface area contributed by atoms with Gasteiger partial charge in [0, 0.05) is 9.50 Å². The van der Waals surface area contributed by atoms with Crippen molar-refractivity contribution in [3.8, 4) is 0 Å². The Kier molecular flexibility index (Phi) is 4.61. The maximum atomic E-state index is 6.07. The second-order valence-corrected chi connectivity index (χ2v) is 5.60. The molecule has 0 spiro atoms. The highest BCUT2D eigenvalue weighted by atomic mass is 79.9. The summed E-state index contributed by atoms with van der Waals surface area (Å²) in [6, 6.07) is 13.8. The molecule has 0 aliphatic carbocycles. The minimum absolute atomic E-state index is 0.737. The van der Waals surface area contributed by atoms with E-state index in [0.717, 1.165) is 32.0 Å². The Morgan fingerprint density at radius 1 is 1.16 bits per heavy atom. The van der Waals surface area contributed by atoms with Gasteiger partial charge in [-0.1, -0.05) is 45.7 Å². The Labute approximate surface area is 126 Å². The molecule has 0 aliphatic rings. The van der Waals surface area contributed by atoms with Gasteiger partial charge in [-0.2, -0.15) is 5.10 Å². The lowest BCUT2D eigenvalue weighted by Crippen LogP contribution is -1.99. The van der Waals surface area contributed by atoms with E-state index in [0.29, 0.717) is 0 Å². The van der Waals surface area contributed by atoms with E-state index >= 15 is 0 Å². The molecule has 19 heavy (non-hydrogen) atoms. The van der Waals surface area contributed by atoms with Crippen molar-refractivity contribution in [3.05, 3.63) is 63.1 Å². The van der Waals surface area contributed by atoms with Crippen LogP contribution in [0.15, 0.2) is 52.0 Å². The Bertz CT molecular complexity index is 606. The zero-order valence-corrected chi connectivity index (χ0v) is 13.1. The molecular formula is C15H14BrClN2. The minimum atomic E-state index is 0.737. The highest BCUT2D eigenvalue weighted by Crippen LogP contribution is 2.20. The number of hydrogen-bond donors (Lipinski definition) is 1. The van der Waals surface area contributed by atoms with Crippen LogP contribution in [-0.4, -0.2) is 5.71 Å². The lowest BCUT2D eigenvalue weighted by Gasteiger charge is -2.05. The topological polar surface area (TPSA) is 24.4 Å². The van der Waals surface area contributed by atoms with E-state index in [1.807, 2.05) is 56.3 Å². The molecule has 0 aliphatic heterocycles. The number of nitrogens with zero attached hydrogens (tertiary/aromatic N) is 1.